The van der Waals surface area contributed by atoms with Gasteiger partial charge in [-0.25, -0.2) is 5.32 Å². The van der Waals surface area contributed by atoms with E-state index in [0.29, 0.717) is 17.3 Å². The number of nitrogens with one attached hydrogen (secondary N) is 1. The van der Waals surface area contributed by atoms with E-state index in [9.17, 15) is 0 Å². The fourth-order valence-corrected chi connectivity index (χ4v) is 2.47. The van der Waals surface area contributed by atoms with Crippen LogP contribution in [0.5, 0.6) is 0 Å². The van der Waals surface area contributed by atoms with Gasteiger partial charge in [-0.1, -0.05) is 29.8 Å². The molecule has 0 aliphatic carbocycles. The standard InChI is InChI=1S/C14H19ClN3O/c1-10(16)13-14(17-7-8-18(13)2)19-9-11-5-3-4-6-12(11)15/h3-6,13-14,16H,7-9H2,1-2H3/t13?,14-/m0/s1. The Kier molecular flexibility index (Phi) is 4.93. The van der Waals surface area contributed by atoms with E-state index in [0.717, 1.165) is 18.7 Å². The zero-order valence-electron chi connectivity index (χ0n) is 11.3. The summed E-state index contributed by atoms with van der Waals surface area (Å²) in [6.45, 7) is 3.83. The minimum atomic E-state index is -0.285. The minimum absolute atomic E-state index is 0.0729. The molecule has 5 heteroatoms. The summed E-state index contributed by atoms with van der Waals surface area (Å²) in [4.78, 5) is 2.12. The van der Waals surface area contributed by atoms with Gasteiger partial charge in [0.2, 0.25) is 0 Å². The molecule has 19 heavy (non-hydrogen) atoms. The van der Waals surface area contributed by atoms with Crippen LogP contribution < -0.4 is 5.32 Å². The van der Waals surface area contributed by atoms with E-state index in [2.05, 4.69) is 10.2 Å². The molecule has 0 bridgehead atoms. The van der Waals surface area contributed by atoms with Crippen LogP contribution in [0.15, 0.2) is 24.3 Å². The number of halogens is 1. The van der Waals surface area contributed by atoms with E-state index in [1.807, 2.05) is 31.3 Å². The molecule has 0 spiro atoms. The average molecular weight is 281 g/mol. The van der Waals surface area contributed by atoms with E-state index in [1.54, 1.807) is 6.92 Å². The fraction of sp³-hybridized carbons (Fsp3) is 0.500. The molecule has 103 valence electrons. The van der Waals surface area contributed by atoms with Crippen molar-refractivity contribution in [3.8, 4) is 0 Å². The van der Waals surface area contributed by atoms with Gasteiger partial charge in [0, 0.05) is 23.8 Å². The van der Waals surface area contributed by atoms with Crippen LogP contribution in [0.3, 0.4) is 0 Å². The number of hydrogen-bond donors (Lipinski definition) is 1. The molecule has 1 N–H and O–H groups in total. The predicted octanol–water partition coefficient (Wildman–Crippen LogP) is 2.14. The molecule has 0 aromatic heterocycles. The lowest BCUT2D eigenvalue weighted by molar-refractivity contribution is -0.0388. The van der Waals surface area contributed by atoms with Crippen LogP contribution in [-0.2, 0) is 11.3 Å². The number of hydrogen-bond acceptors (Lipinski definition) is 3. The van der Waals surface area contributed by atoms with Crippen molar-refractivity contribution in [1.29, 1.82) is 5.41 Å². The van der Waals surface area contributed by atoms with Crippen molar-refractivity contribution in [2.24, 2.45) is 0 Å². The first-order valence-electron chi connectivity index (χ1n) is 6.36. The molecule has 1 radical (unpaired) electrons. The molecular formula is C14H19ClN3O. The minimum Gasteiger partial charge on any atom is -0.355 e. The molecule has 1 unspecified atom stereocenters. The van der Waals surface area contributed by atoms with Crippen molar-refractivity contribution in [3.05, 3.63) is 34.9 Å². The van der Waals surface area contributed by atoms with Crippen molar-refractivity contribution in [2.75, 3.05) is 20.1 Å². The Balaban J connectivity index is 2.01. The highest BCUT2D eigenvalue weighted by Gasteiger charge is 2.32. The van der Waals surface area contributed by atoms with E-state index in [-0.39, 0.29) is 12.3 Å². The van der Waals surface area contributed by atoms with Crippen molar-refractivity contribution in [3.63, 3.8) is 0 Å². The van der Waals surface area contributed by atoms with Gasteiger partial charge in [-0.3, -0.25) is 4.90 Å². The summed E-state index contributed by atoms with van der Waals surface area (Å²) in [5.41, 5.74) is 1.53. The van der Waals surface area contributed by atoms with Gasteiger partial charge in [0.05, 0.1) is 12.6 Å². The zero-order chi connectivity index (χ0) is 13.8. The van der Waals surface area contributed by atoms with Crippen molar-refractivity contribution >= 4 is 17.3 Å². The quantitative estimate of drug-likeness (QED) is 0.859. The van der Waals surface area contributed by atoms with Gasteiger partial charge in [0.15, 0.2) is 0 Å². The summed E-state index contributed by atoms with van der Waals surface area (Å²) >= 11 is 6.11. The Morgan fingerprint density at radius 2 is 2.26 bits per heavy atom. The number of benzene rings is 1. The first-order valence-corrected chi connectivity index (χ1v) is 6.74. The third-order valence-corrected chi connectivity index (χ3v) is 3.69. The molecule has 2 rings (SSSR count). The van der Waals surface area contributed by atoms with E-state index < -0.39 is 0 Å². The van der Waals surface area contributed by atoms with Gasteiger partial charge < -0.3 is 10.1 Å². The first kappa shape index (κ1) is 14.5. The predicted molar refractivity (Wildman–Crippen MR) is 76.8 cm³/mol. The van der Waals surface area contributed by atoms with Crippen LogP contribution >= 0.6 is 11.6 Å². The average Bonchev–Trinajstić information content (AvgIpc) is 2.37. The van der Waals surface area contributed by atoms with Gasteiger partial charge in [0.1, 0.15) is 6.23 Å². The van der Waals surface area contributed by atoms with Crippen molar-refractivity contribution in [2.45, 2.75) is 25.8 Å². The molecule has 1 heterocycles. The van der Waals surface area contributed by atoms with Gasteiger partial charge >= 0.3 is 0 Å². The van der Waals surface area contributed by atoms with Crippen LogP contribution in [0.25, 0.3) is 0 Å². The van der Waals surface area contributed by atoms with Crippen LogP contribution in [0, 0.1) is 5.41 Å². The Bertz CT molecular complexity index is 452. The molecule has 0 amide bonds. The number of ether oxygens (including phenoxy) is 1. The first-order chi connectivity index (χ1) is 9.09. The van der Waals surface area contributed by atoms with Crippen LogP contribution in [0.4, 0.5) is 0 Å². The molecule has 2 atom stereocenters. The van der Waals surface area contributed by atoms with Gasteiger partial charge in [0.25, 0.3) is 0 Å². The molecule has 0 saturated carbocycles. The van der Waals surface area contributed by atoms with Crippen molar-refractivity contribution < 1.29 is 4.74 Å². The molecule has 1 aromatic rings. The molecule has 1 aromatic carbocycles. The summed E-state index contributed by atoms with van der Waals surface area (Å²) in [6.07, 6.45) is -0.285. The van der Waals surface area contributed by atoms with Crippen LogP contribution in [0.2, 0.25) is 5.02 Å². The third kappa shape index (κ3) is 3.54. The summed E-state index contributed by atoms with van der Waals surface area (Å²) < 4.78 is 5.86. The molecule has 1 saturated heterocycles. The third-order valence-electron chi connectivity index (χ3n) is 3.32. The van der Waals surface area contributed by atoms with E-state index in [1.165, 1.54) is 0 Å². The summed E-state index contributed by atoms with van der Waals surface area (Å²) in [5.74, 6) is 0. The monoisotopic (exact) mass is 280 g/mol. The maximum atomic E-state index is 7.87. The number of piperazine rings is 1. The largest absolute Gasteiger partial charge is 0.355 e. The molecule has 1 aliphatic rings. The molecule has 1 aliphatic heterocycles. The second-order valence-electron chi connectivity index (χ2n) is 4.81. The molecule has 4 nitrogen and oxygen atoms in total. The summed E-state index contributed by atoms with van der Waals surface area (Å²) in [6, 6.07) is 7.56. The lowest BCUT2D eigenvalue weighted by atomic mass is 10.1. The normalized spacial score (nSPS) is 24.4. The number of nitrogens with zero attached hydrogens (tertiary/aromatic N) is 2. The van der Waals surface area contributed by atoms with E-state index in [4.69, 9.17) is 21.7 Å². The van der Waals surface area contributed by atoms with Gasteiger partial charge in [-0.2, -0.15) is 0 Å². The van der Waals surface area contributed by atoms with Crippen LogP contribution in [-0.4, -0.2) is 43.0 Å². The Morgan fingerprint density at radius 3 is 2.95 bits per heavy atom. The highest BCUT2D eigenvalue weighted by Crippen LogP contribution is 2.18. The maximum absolute atomic E-state index is 7.87. The second-order valence-corrected chi connectivity index (χ2v) is 5.21. The lowest BCUT2D eigenvalue weighted by Gasteiger charge is -2.38. The van der Waals surface area contributed by atoms with Crippen molar-refractivity contribution in [1.82, 2.24) is 10.2 Å². The number of likely N-dealkylation sites (N-methyl/N-ethyl adjacent to an activating group) is 1. The molecular weight excluding hydrogens is 262 g/mol. The smallest absolute Gasteiger partial charge is 0.144 e. The summed E-state index contributed by atoms with van der Waals surface area (Å²) in [5, 5.41) is 13.1. The Labute approximate surface area is 119 Å². The summed E-state index contributed by atoms with van der Waals surface area (Å²) in [7, 11) is 2.00. The van der Waals surface area contributed by atoms with E-state index >= 15 is 0 Å². The van der Waals surface area contributed by atoms with Crippen LogP contribution in [0.1, 0.15) is 12.5 Å². The highest BCUT2D eigenvalue weighted by atomic mass is 35.5. The lowest BCUT2D eigenvalue weighted by Crippen LogP contribution is -2.57. The zero-order valence-corrected chi connectivity index (χ0v) is 12.0. The second kappa shape index (κ2) is 6.48. The van der Waals surface area contributed by atoms with Gasteiger partial charge in [-0.15, -0.1) is 0 Å². The van der Waals surface area contributed by atoms with Gasteiger partial charge in [-0.05, 0) is 25.6 Å². The topological polar surface area (TPSA) is 50.4 Å². The maximum Gasteiger partial charge on any atom is 0.144 e. The Hall–Kier alpha value is -0.940. The molecule has 1 fully saturated rings. The SMILES string of the molecule is CC(=N)C1[C@H](OCc2ccccc2Cl)[N]CCN1C. The highest BCUT2D eigenvalue weighted by molar-refractivity contribution is 6.31. The number of rotatable bonds is 4. The fourth-order valence-electron chi connectivity index (χ4n) is 2.28. The Morgan fingerprint density at radius 1 is 1.53 bits per heavy atom.